The Hall–Kier alpha value is -2.12. The first-order valence-corrected chi connectivity index (χ1v) is 13.6. The van der Waals surface area contributed by atoms with E-state index in [1.54, 1.807) is 0 Å². The van der Waals surface area contributed by atoms with E-state index in [4.69, 9.17) is 0 Å². The fourth-order valence-corrected chi connectivity index (χ4v) is 4.17. The first-order chi connectivity index (χ1) is 16.5. The lowest BCUT2D eigenvalue weighted by molar-refractivity contribution is -0.134. The van der Waals surface area contributed by atoms with E-state index in [1.165, 1.54) is 90.5 Å². The molecular formula is C26H48N4O4. The van der Waals surface area contributed by atoms with Gasteiger partial charge >= 0.3 is 6.03 Å². The van der Waals surface area contributed by atoms with E-state index in [0.717, 1.165) is 17.7 Å². The highest BCUT2D eigenvalue weighted by Gasteiger charge is 2.32. The maximum atomic E-state index is 12.0. The lowest BCUT2D eigenvalue weighted by Gasteiger charge is -2.29. The lowest BCUT2D eigenvalue weighted by Crippen LogP contribution is -2.61. The van der Waals surface area contributed by atoms with Gasteiger partial charge in [-0.05, 0) is 6.42 Å². The van der Waals surface area contributed by atoms with Gasteiger partial charge in [-0.1, -0.05) is 96.8 Å². The van der Waals surface area contributed by atoms with Crippen molar-refractivity contribution in [2.45, 2.75) is 122 Å². The van der Waals surface area contributed by atoms with Gasteiger partial charge in [0.05, 0.1) is 0 Å². The predicted molar refractivity (Wildman–Crippen MR) is 135 cm³/mol. The van der Waals surface area contributed by atoms with E-state index < -0.39 is 18.0 Å². The Morgan fingerprint density at radius 1 is 0.794 bits per heavy atom. The Balaban J connectivity index is 1.88. The second-order valence-electron chi connectivity index (χ2n) is 9.50. The molecule has 1 atom stereocenters. The molecule has 5 amide bonds. The molecule has 0 aliphatic carbocycles. The number of rotatable bonds is 20. The molecule has 0 aromatic heterocycles. The fraction of sp³-hybridized carbons (Fsp3) is 0.846. The van der Waals surface area contributed by atoms with Crippen LogP contribution in [0.15, 0.2) is 0 Å². The predicted octanol–water partition coefficient (Wildman–Crippen LogP) is 4.42. The SMILES string of the molecule is CCCCCCCCCCCCCCCCCC(=O)NCCC(=O)NC1CNC(=O)N(C)C1=O. The van der Waals surface area contributed by atoms with Crippen LogP contribution in [0.1, 0.15) is 116 Å². The Morgan fingerprint density at radius 3 is 1.82 bits per heavy atom. The second-order valence-corrected chi connectivity index (χ2v) is 9.50. The minimum absolute atomic E-state index is 0.0387. The van der Waals surface area contributed by atoms with E-state index in [-0.39, 0.29) is 31.3 Å². The summed E-state index contributed by atoms with van der Waals surface area (Å²) in [5.41, 5.74) is 0. The average Bonchev–Trinajstić information content (AvgIpc) is 2.82. The van der Waals surface area contributed by atoms with E-state index in [9.17, 15) is 19.2 Å². The van der Waals surface area contributed by atoms with Crippen LogP contribution in [0.5, 0.6) is 0 Å². The Morgan fingerprint density at radius 2 is 1.29 bits per heavy atom. The van der Waals surface area contributed by atoms with Crippen molar-refractivity contribution in [3.05, 3.63) is 0 Å². The summed E-state index contributed by atoms with van der Waals surface area (Å²) in [5.74, 6) is -0.798. The molecule has 1 aliphatic heterocycles. The van der Waals surface area contributed by atoms with Gasteiger partial charge in [0, 0.05) is 33.0 Å². The van der Waals surface area contributed by atoms with E-state index in [2.05, 4.69) is 22.9 Å². The summed E-state index contributed by atoms with van der Waals surface area (Å²) in [7, 11) is 1.37. The normalized spacial score (nSPS) is 15.8. The molecule has 0 aromatic rings. The molecule has 1 unspecified atom stereocenters. The standard InChI is InChI=1S/C26H48N4O4/c1-3-4-5-6-7-8-9-10-11-12-13-14-15-16-17-18-23(31)27-20-19-24(32)29-22-21-28-26(34)30(2)25(22)33/h22H,3-21H2,1-2H3,(H,27,31)(H,28,34)(H,29,32). The molecule has 196 valence electrons. The van der Waals surface area contributed by atoms with Crippen molar-refractivity contribution in [2.24, 2.45) is 0 Å². The van der Waals surface area contributed by atoms with Crippen LogP contribution >= 0.6 is 0 Å². The van der Waals surface area contributed by atoms with Crippen molar-refractivity contribution < 1.29 is 19.2 Å². The van der Waals surface area contributed by atoms with Gasteiger partial charge in [-0.2, -0.15) is 0 Å². The maximum absolute atomic E-state index is 12.0. The van der Waals surface area contributed by atoms with Gasteiger partial charge in [-0.3, -0.25) is 19.3 Å². The van der Waals surface area contributed by atoms with Gasteiger partial charge in [0.2, 0.25) is 11.8 Å². The van der Waals surface area contributed by atoms with Gasteiger partial charge < -0.3 is 16.0 Å². The molecule has 0 saturated carbocycles. The van der Waals surface area contributed by atoms with Crippen LogP contribution in [0, 0.1) is 0 Å². The van der Waals surface area contributed by atoms with Crippen molar-refractivity contribution in [2.75, 3.05) is 20.1 Å². The van der Waals surface area contributed by atoms with Gasteiger partial charge in [0.15, 0.2) is 0 Å². The lowest BCUT2D eigenvalue weighted by atomic mass is 10.0. The number of likely N-dealkylation sites (N-methyl/N-ethyl adjacent to an activating group) is 1. The minimum Gasteiger partial charge on any atom is -0.356 e. The third kappa shape index (κ3) is 14.2. The monoisotopic (exact) mass is 480 g/mol. The largest absolute Gasteiger partial charge is 0.356 e. The zero-order valence-corrected chi connectivity index (χ0v) is 21.6. The molecule has 34 heavy (non-hydrogen) atoms. The third-order valence-electron chi connectivity index (χ3n) is 6.41. The number of unbranched alkanes of at least 4 members (excludes halogenated alkanes) is 14. The molecule has 1 saturated heterocycles. The quantitative estimate of drug-likeness (QED) is 0.224. The number of carbonyl (C=O) groups excluding carboxylic acids is 4. The van der Waals surface area contributed by atoms with Crippen molar-refractivity contribution in [3.8, 4) is 0 Å². The van der Waals surface area contributed by atoms with Crippen LogP contribution in [0.4, 0.5) is 4.79 Å². The van der Waals surface area contributed by atoms with Crippen LogP contribution in [0.2, 0.25) is 0 Å². The number of carbonyl (C=O) groups is 4. The van der Waals surface area contributed by atoms with Crippen LogP contribution in [-0.4, -0.2) is 54.8 Å². The van der Waals surface area contributed by atoms with Gasteiger partial charge in [0.25, 0.3) is 5.91 Å². The first kappa shape index (κ1) is 29.9. The highest BCUT2D eigenvalue weighted by Crippen LogP contribution is 2.13. The smallest absolute Gasteiger partial charge is 0.323 e. The van der Waals surface area contributed by atoms with E-state index >= 15 is 0 Å². The third-order valence-corrected chi connectivity index (χ3v) is 6.41. The van der Waals surface area contributed by atoms with Crippen molar-refractivity contribution in [1.29, 1.82) is 0 Å². The molecule has 3 N–H and O–H groups in total. The summed E-state index contributed by atoms with van der Waals surface area (Å²) in [5, 5.41) is 7.89. The topological polar surface area (TPSA) is 108 Å². The van der Waals surface area contributed by atoms with Crippen LogP contribution in [0.3, 0.4) is 0 Å². The Labute approximate surface area is 206 Å². The summed E-state index contributed by atoms with van der Waals surface area (Å²) >= 11 is 0. The van der Waals surface area contributed by atoms with Crippen LogP contribution < -0.4 is 16.0 Å². The number of nitrogens with zero attached hydrogens (tertiary/aromatic N) is 1. The number of urea groups is 1. The molecule has 8 heteroatoms. The maximum Gasteiger partial charge on any atom is 0.323 e. The molecular weight excluding hydrogens is 432 g/mol. The van der Waals surface area contributed by atoms with E-state index in [1.807, 2.05) is 0 Å². The summed E-state index contributed by atoms with van der Waals surface area (Å²) in [6.07, 6.45) is 20.0. The molecule has 0 bridgehead atoms. The van der Waals surface area contributed by atoms with Gasteiger partial charge in [-0.15, -0.1) is 0 Å². The molecule has 0 aromatic carbocycles. The zero-order valence-electron chi connectivity index (χ0n) is 21.6. The number of amides is 5. The molecule has 0 radical (unpaired) electrons. The van der Waals surface area contributed by atoms with Crippen LogP contribution in [0.25, 0.3) is 0 Å². The number of imide groups is 1. The van der Waals surface area contributed by atoms with Crippen molar-refractivity contribution in [3.63, 3.8) is 0 Å². The molecule has 1 heterocycles. The fourth-order valence-electron chi connectivity index (χ4n) is 4.17. The number of hydrogen-bond donors (Lipinski definition) is 3. The molecule has 1 aliphatic rings. The van der Waals surface area contributed by atoms with Crippen molar-refractivity contribution in [1.82, 2.24) is 20.9 Å². The summed E-state index contributed by atoms with van der Waals surface area (Å²) < 4.78 is 0. The van der Waals surface area contributed by atoms with Gasteiger partial charge in [-0.25, -0.2) is 4.79 Å². The van der Waals surface area contributed by atoms with Crippen molar-refractivity contribution >= 4 is 23.8 Å². The van der Waals surface area contributed by atoms with Gasteiger partial charge in [0.1, 0.15) is 6.04 Å². The zero-order chi connectivity index (χ0) is 25.0. The molecule has 1 rings (SSSR count). The number of hydrogen-bond acceptors (Lipinski definition) is 4. The summed E-state index contributed by atoms with van der Waals surface area (Å²) in [4.78, 5) is 48.2. The summed E-state index contributed by atoms with van der Waals surface area (Å²) in [6.45, 7) is 2.59. The second kappa shape index (κ2) is 19.2. The Kier molecular flexibility index (Phi) is 16.9. The van der Waals surface area contributed by atoms with Crippen LogP contribution in [-0.2, 0) is 14.4 Å². The average molecular weight is 481 g/mol. The highest BCUT2D eigenvalue weighted by atomic mass is 16.2. The molecule has 0 spiro atoms. The summed E-state index contributed by atoms with van der Waals surface area (Å²) in [6, 6.07) is -1.23. The Bertz CT molecular complexity index is 612. The van der Waals surface area contributed by atoms with E-state index in [0.29, 0.717) is 6.42 Å². The molecule has 8 nitrogen and oxygen atoms in total. The first-order valence-electron chi connectivity index (χ1n) is 13.6. The number of nitrogens with one attached hydrogen (secondary N) is 3. The highest BCUT2D eigenvalue weighted by molar-refractivity contribution is 6.01. The molecule has 1 fully saturated rings. The minimum atomic E-state index is -0.758.